The number of benzene rings is 12. The lowest BCUT2D eigenvalue weighted by Crippen LogP contribution is -2.18. The Bertz CT molecular complexity index is 5910. The van der Waals surface area contributed by atoms with Crippen LogP contribution in [0.3, 0.4) is 0 Å². The fourth-order valence-electron chi connectivity index (χ4n) is 15.6. The van der Waals surface area contributed by atoms with Gasteiger partial charge in [0, 0.05) is 61.5 Å². The average Bonchev–Trinajstić information content (AvgIpc) is 1.52. The van der Waals surface area contributed by atoms with Gasteiger partial charge in [0.15, 0.2) is 0 Å². The zero-order valence-electron chi connectivity index (χ0n) is 53.4. The van der Waals surface area contributed by atoms with Crippen LogP contribution in [0, 0.1) is 23.7 Å². The van der Waals surface area contributed by atoms with Crippen LogP contribution in [0.5, 0.6) is 5.75 Å². The summed E-state index contributed by atoms with van der Waals surface area (Å²) in [6.07, 6.45) is 37.3. The molecule has 6 aliphatic rings. The first-order chi connectivity index (χ1) is 48.4. The van der Waals surface area contributed by atoms with Crippen LogP contribution in [-0.4, -0.2) is 12.7 Å². The average molecular weight is 1320 g/mol. The topological polar surface area (TPSA) is 55.7 Å². The van der Waals surface area contributed by atoms with Crippen LogP contribution in [0.1, 0.15) is 45.2 Å². The molecule has 12 aromatic carbocycles. The Morgan fingerprint density at radius 2 is 0.745 bits per heavy atom. The van der Waals surface area contributed by atoms with E-state index in [1.165, 1.54) is 99.1 Å². The summed E-state index contributed by atoms with van der Waals surface area (Å²) < 4.78 is 18.4. The highest BCUT2D eigenvalue weighted by molar-refractivity contribution is 9.10. The molecule has 2 heterocycles. The van der Waals surface area contributed by atoms with Gasteiger partial charge >= 0.3 is 7.69 Å². The van der Waals surface area contributed by atoms with Crippen LogP contribution in [-0.2, 0) is 0 Å². The Balaban J connectivity index is 0.000000116. The van der Waals surface area contributed by atoms with Crippen molar-refractivity contribution in [1.29, 1.82) is 0 Å². The van der Waals surface area contributed by atoms with Gasteiger partial charge in [-0.3, -0.25) is 0 Å². The summed E-state index contributed by atoms with van der Waals surface area (Å²) in [5, 5.41) is 20.7. The maximum absolute atomic E-state index is 8.86. The van der Waals surface area contributed by atoms with Gasteiger partial charge in [0.05, 0.1) is 0 Å². The summed E-state index contributed by atoms with van der Waals surface area (Å²) in [6, 6.07) is 86.0. The van der Waals surface area contributed by atoms with Crippen LogP contribution in [0.25, 0.3) is 115 Å². The number of hydrogen-bond acceptors (Lipinski definition) is 4. The van der Waals surface area contributed by atoms with E-state index in [9.17, 15) is 0 Å². The van der Waals surface area contributed by atoms with E-state index in [-0.39, 0.29) is 0 Å². The van der Waals surface area contributed by atoms with Crippen molar-refractivity contribution in [2.45, 2.75) is 11.8 Å². The SMILES string of the molecule is Brc1ccc2cc(C3=CC4C=CC=CC4c4ccccc43)ccc2c1.C1=CC2C=C(C3=CC4C=CC(c5ccc6oc7ccc(-c8ccc9ccccc9c8)cc7c6c5)=CC4C=C3)c3ccccc3C2C=C1.O[B]Oc1ccc2oc3ccc(-c4ccc5ccccc5c4)cc3c2c1. The van der Waals surface area contributed by atoms with E-state index >= 15 is 0 Å². The lowest BCUT2D eigenvalue weighted by atomic mass is 9.71. The molecule has 465 valence electrons. The molecular weight excluding hydrogens is 1260 g/mol. The molecule has 0 aliphatic heterocycles. The maximum atomic E-state index is 8.86. The zero-order valence-corrected chi connectivity index (χ0v) is 55.0. The Labute approximate surface area is 578 Å². The molecular formula is C92H63BBrO4. The van der Waals surface area contributed by atoms with Gasteiger partial charge in [-0.2, -0.15) is 0 Å². The van der Waals surface area contributed by atoms with Gasteiger partial charge in [0.2, 0.25) is 0 Å². The van der Waals surface area contributed by atoms with Crippen molar-refractivity contribution < 1.29 is 18.5 Å². The predicted molar refractivity (Wildman–Crippen MR) is 412 cm³/mol. The molecule has 0 saturated heterocycles. The van der Waals surface area contributed by atoms with Gasteiger partial charge in [0.1, 0.15) is 28.1 Å². The summed E-state index contributed by atoms with van der Waals surface area (Å²) in [6.45, 7) is 0. The van der Waals surface area contributed by atoms with Crippen LogP contribution in [0.15, 0.2) is 359 Å². The Hall–Kier alpha value is -11.3. The largest absolute Gasteiger partial charge is 0.569 e. The zero-order chi connectivity index (χ0) is 65.2. The highest BCUT2D eigenvalue weighted by Crippen LogP contribution is 2.48. The highest BCUT2D eigenvalue weighted by Gasteiger charge is 2.31. The monoisotopic (exact) mass is 1320 g/mol. The lowest BCUT2D eigenvalue weighted by Gasteiger charge is -2.33. The van der Waals surface area contributed by atoms with Gasteiger partial charge in [-0.15, -0.1) is 0 Å². The summed E-state index contributed by atoms with van der Waals surface area (Å²) in [4.78, 5) is 0. The van der Waals surface area contributed by atoms with Crippen LogP contribution < -0.4 is 4.65 Å². The van der Waals surface area contributed by atoms with Crippen LogP contribution in [0.4, 0.5) is 0 Å². The van der Waals surface area contributed by atoms with Gasteiger partial charge in [-0.05, 0) is 195 Å². The van der Waals surface area contributed by atoms with E-state index in [0.717, 1.165) is 59.5 Å². The van der Waals surface area contributed by atoms with Gasteiger partial charge < -0.3 is 18.5 Å². The number of halogens is 1. The Kier molecular flexibility index (Phi) is 15.1. The van der Waals surface area contributed by atoms with Crippen molar-refractivity contribution in [1.82, 2.24) is 0 Å². The van der Waals surface area contributed by atoms with E-state index in [0.29, 0.717) is 48.9 Å². The second-order valence-electron chi connectivity index (χ2n) is 26.2. The van der Waals surface area contributed by atoms with E-state index in [4.69, 9.17) is 18.5 Å². The lowest BCUT2D eigenvalue weighted by molar-refractivity contribution is 0.454. The number of allylic oxidation sites excluding steroid dienone is 19. The van der Waals surface area contributed by atoms with E-state index in [1.807, 2.05) is 18.2 Å². The molecule has 4 nitrogen and oxygen atoms in total. The number of hydrogen-bond donors (Lipinski definition) is 1. The molecule has 6 aliphatic carbocycles. The molecule has 98 heavy (non-hydrogen) atoms. The van der Waals surface area contributed by atoms with Gasteiger partial charge in [-0.25, -0.2) is 0 Å². The molecule has 0 fully saturated rings. The van der Waals surface area contributed by atoms with E-state index in [1.54, 1.807) is 6.07 Å². The second-order valence-corrected chi connectivity index (χ2v) is 27.2. The van der Waals surface area contributed by atoms with Crippen molar-refractivity contribution >= 4 is 117 Å². The van der Waals surface area contributed by atoms with Crippen molar-refractivity contribution in [2.75, 3.05) is 0 Å². The van der Waals surface area contributed by atoms with Crippen LogP contribution >= 0.6 is 15.9 Å². The molecule has 0 amide bonds. The van der Waals surface area contributed by atoms with Gasteiger partial charge in [0.25, 0.3) is 0 Å². The van der Waals surface area contributed by atoms with Crippen molar-refractivity contribution in [2.24, 2.45) is 23.7 Å². The third kappa shape index (κ3) is 11.1. The third-order valence-corrected chi connectivity index (χ3v) is 21.0. The summed E-state index contributed by atoms with van der Waals surface area (Å²) in [7, 11) is 0.684. The highest BCUT2D eigenvalue weighted by atomic mass is 79.9. The molecule has 6 atom stereocenters. The number of fused-ring (bicyclic) bond motifs is 16. The molecule has 0 bridgehead atoms. The van der Waals surface area contributed by atoms with Crippen molar-refractivity contribution in [3.8, 4) is 28.0 Å². The molecule has 1 radical (unpaired) electrons. The van der Waals surface area contributed by atoms with E-state index < -0.39 is 0 Å². The quantitative estimate of drug-likeness (QED) is 0.162. The molecule has 0 saturated carbocycles. The smallest absolute Gasteiger partial charge is 0.537 e. The molecule has 6 unspecified atom stereocenters. The van der Waals surface area contributed by atoms with Crippen molar-refractivity contribution in [3.05, 3.63) is 383 Å². The summed E-state index contributed by atoms with van der Waals surface area (Å²) in [5.41, 5.74) is 21.6. The predicted octanol–water partition coefficient (Wildman–Crippen LogP) is 24.2. The van der Waals surface area contributed by atoms with E-state index in [2.05, 4.69) is 332 Å². The Morgan fingerprint density at radius 1 is 0.327 bits per heavy atom. The number of furan rings is 2. The van der Waals surface area contributed by atoms with Crippen LogP contribution in [0.2, 0.25) is 0 Å². The fraction of sp³-hybridized carbons (Fsp3) is 0.0652. The van der Waals surface area contributed by atoms with Crippen molar-refractivity contribution in [3.63, 3.8) is 0 Å². The minimum absolute atomic E-state index is 0.333. The fourth-order valence-corrected chi connectivity index (χ4v) is 15.9. The van der Waals surface area contributed by atoms with Gasteiger partial charge in [-0.1, -0.05) is 271 Å². The standard InChI is InChI=1S/C46H32O.C24H17Br.C22H14BO3/c1-2-8-30-23-32(14-13-29(30)7-1)35-19-21-45-43(26-35)44-27-36(20-22-46(44)47-45)33-15-16-34-25-38(18-17-31(34)24-33)42-28-37-9-3-4-10-39(37)40-11-5-6-12-41(40)42;25-20-12-11-16-13-19(10-9-17(16)14-20)24-15-18-5-1-2-6-21(18)22-7-3-4-8-23(22)24;24-23-26-18-8-10-22-20(13-18)19-12-17(7-9-21(19)25-22)16-6-5-14-3-1-2-4-15(14)11-16/h1-28,31,34,37,39H;1-15,18,21H;1-13,24H. The Morgan fingerprint density at radius 3 is 1.36 bits per heavy atom. The summed E-state index contributed by atoms with van der Waals surface area (Å²) >= 11 is 3.56. The second kappa shape index (κ2) is 25.1. The minimum Gasteiger partial charge on any atom is -0.537 e. The molecule has 20 rings (SSSR count). The third-order valence-electron chi connectivity index (χ3n) is 20.5. The summed E-state index contributed by atoms with van der Waals surface area (Å²) in [5.74, 6) is 2.98. The minimum atomic E-state index is 0.333. The molecule has 1 N–H and O–H groups in total. The maximum Gasteiger partial charge on any atom is 0.569 e. The normalized spacial score (nSPS) is 19.1. The first-order valence-corrected chi connectivity index (χ1v) is 34.5. The molecule has 2 aromatic heterocycles. The number of rotatable bonds is 7. The first kappa shape index (κ1) is 59.2. The molecule has 6 heteroatoms. The molecule has 14 aromatic rings. The molecule has 0 spiro atoms. The first-order valence-electron chi connectivity index (χ1n) is 33.7.